The Morgan fingerprint density at radius 3 is 2.84 bits per heavy atom. The minimum atomic E-state index is -0.180. The SMILES string of the molecule is O=C(Nc1nc2ccccc2s1)c1csc2nc(-c3cccs3)cn12. The third-order valence-corrected chi connectivity index (χ3v) is 6.41. The Balaban J connectivity index is 1.48. The number of anilines is 1. The molecule has 0 spiro atoms. The molecule has 0 aliphatic rings. The van der Waals surface area contributed by atoms with Crippen LogP contribution in [-0.4, -0.2) is 20.3 Å². The first-order chi connectivity index (χ1) is 12.3. The first-order valence-corrected chi connectivity index (χ1v) is 10.0. The fourth-order valence-corrected chi connectivity index (χ4v) is 4.97. The highest BCUT2D eigenvalue weighted by Gasteiger charge is 2.17. The second kappa shape index (κ2) is 5.76. The molecule has 5 nitrogen and oxygen atoms in total. The number of hydrogen-bond donors (Lipinski definition) is 1. The van der Waals surface area contributed by atoms with E-state index in [-0.39, 0.29) is 5.91 Å². The molecule has 1 N–H and O–H groups in total. The van der Waals surface area contributed by atoms with Crippen LogP contribution in [0, 0.1) is 0 Å². The van der Waals surface area contributed by atoms with Gasteiger partial charge in [-0.2, -0.15) is 0 Å². The van der Waals surface area contributed by atoms with Gasteiger partial charge in [0.1, 0.15) is 11.4 Å². The number of hydrogen-bond acceptors (Lipinski definition) is 6. The standard InChI is InChI=1S/C17H10N4OS3/c22-15(20-16-18-10-4-1-2-5-14(10)25-16)12-9-24-17-19-11(8-21(12)17)13-6-3-7-23-13/h1-9H,(H,18,20,22). The van der Waals surface area contributed by atoms with E-state index < -0.39 is 0 Å². The van der Waals surface area contributed by atoms with Gasteiger partial charge < -0.3 is 0 Å². The van der Waals surface area contributed by atoms with Gasteiger partial charge in [0.2, 0.25) is 0 Å². The van der Waals surface area contributed by atoms with Crippen LogP contribution in [-0.2, 0) is 0 Å². The molecule has 0 bridgehead atoms. The zero-order valence-corrected chi connectivity index (χ0v) is 15.1. The molecule has 4 heterocycles. The lowest BCUT2D eigenvalue weighted by molar-refractivity contribution is 0.102. The molecule has 122 valence electrons. The van der Waals surface area contributed by atoms with Crippen molar-refractivity contribution in [2.45, 2.75) is 0 Å². The van der Waals surface area contributed by atoms with Crippen molar-refractivity contribution in [3.63, 3.8) is 0 Å². The normalized spacial score (nSPS) is 11.4. The fraction of sp³-hybridized carbons (Fsp3) is 0. The summed E-state index contributed by atoms with van der Waals surface area (Å²) in [6.45, 7) is 0. The van der Waals surface area contributed by atoms with Gasteiger partial charge in [0.05, 0.1) is 15.1 Å². The summed E-state index contributed by atoms with van der Waals surface area (Å²) in [7, 11) is 0. The Bertz CT molecular complexity index is 1170. The van der Waals surface area contributed by atoms with Gasteiger partial charge in [-0.3, -0.25) is 14.5 Å². The largest absolute Gasteiger partial charge is 0.296 e. The van der Waals surface area contributed by atoms with Crippen LogP contribution in [0.4, 0.5) is 5.13 Å². The van der Waals surface area contributed by atoms with Gasteiger partial charge in [-0.15, -0.1) is 22.7 Å². The minimum Gasteiger partial charge on any atom is -0.296 e. The molecule has 0 saturated heterocycles. The quantitative estimate of drug-likeness (QED) is 0.478. The molecule has 0 aliphatic carbocycles. The van der Waals surface area contributed by atoms with Crippen molar-refractivity contribution < 1.29 is 4.79 Å². The third kappa shape index (κ3) is 2.55. The molecule has 8 heteroatoms. The first-order valence-electron chi connectivity index (χ1n) is 7.45. The van der Waals surface area contributed by atoms with E-state index in [1.807, 2.05) is 57.8 Å². The van der Waals surface area contributed by atoms with Gasteiger partial charge in [0, 0.05) is 11.6 Å². The highest BCUT2D eigenvalue weighted by atomic mass is 32.1. The number of benzene rings is 1. The number of nitrogens with one attached hydrogen (secondary N) is 1. The predicted molar refractivity (Wildman–Crippen MR) is 104 cm³/mol. The van der Waals surface area contributed by atoms with E-state index in [1.54, 1.807) is 11.3 Å². The molecule has 0 saturated carbocycles. The van der Waals surface area contributed by atoms with Crippen LogP contribution < -0.4 is 5.32 Å². The van der Waals surface area contributed by atoms with Gasteiger partial charge in [-0.05, 0) is 23.6 Å². The number of rotatable bonds is 3. The van der Waals surface area contributed by atoms with Gasteiger partial charge in [-0.25, -0.2) is 9.97 Å². The molecular weight excluding hydrogens is 372 g/mol. The molecule has 5 aromatic rings. The smallest absolute Gasteiger partial charge is 0.275 e. The maximum absolute atomic E-state index is 12.7. The van der Waals surface area contributed by atoms with Gasteiger partial charge in [-0.1, -0.05) is 29.5 Å². The Kier molecular flexibility index (Phi) is 3.40. The summed E-state index contributed by atoms with van der Waals surface area (Å²) in [6.07, 6.45) is 1.91. The summed E-state index contributed by atoms with van der Waals surface area (Å²) in [5, 5.41) is 7.34. The van der Waals surface area contributed by atoms with Crippen molar-refractivity contribution in [2.24, 2.45) is 0 Å². The van der Waals surface area contributed by atoms with Crippen LogP contribution in [0.3, 0.4) is 0 Å². The summed E-state index contributed by atoms with van der Waals surface area (Å²) in [6, 6.07) is 11.9. The Hall–Kier alpha value is -2.55. The lowest BCUT2D eigenvalue weighted by Crippen LogP contribution is -2.13. The molecule has 1 aromatic carbocycles. The van der Waals surface area contributed by atoms with Crippen molar-refractivity contribution in [3.05, 3.63) is 59.0 Å². The minimum absolute atomic E-state index is 0.180. The van der Waals surface area contributed by atoms with E-state index in [4.69, 9.17) is 0 Å². The zero-order chi connectivity index (χ0) is 16.8. The first kappa shape index (κ1) is 14.8. The van der Waals surface area contributed by atoms with E-state index in [9.17, 15) is 4.79 Å². The van der Waals surface area contributed by atoms with Crippen molar-refractivity contribution in [1.29, 1.82) is 0 Å². The Labute approximate surface area is 154 Å². The van der Waals surface area contributed by atoms with Crippen LogP contribution >= 0.6 is 34.0 Å². The highest BCUT2D eigenvalue weighted by molar-refractivity contribution is 7.22. The molecule has 0 unspecified atom stereocenters. The number of nitrogens with zero attached hydrogens (tertiary/aromatic N) is 3. The number of carbonyl (C=O) groups is 1. The highest BCUT2D eigenvalue weighted by Crippen LogP contribution is 2.28. The zero-order valence-electron chi connectivity index (χ0n) is 12.7. The summed E-state index contributed by atoms with van der Waals surface area (Å²) in [5.74, 6) is -0.180. The van der Waals surface area contributed by atoms with E-state index in [0.717, 1.165) is 25.7 Å². The van der Waals surface area contributed by atoms with Crippen molar-refractivity contribution in [2.75, 3.05) is 5.32 Å². The summed E-state index contributed by atoms with van der Waals surface area (Å²) in [5.41, 5.74) is 2.34. The number of thiophene rings is 1. The van der Waals surface area contributed by atoms with Crippen LogP contribution in [0.15, 0.2) is 53.4 Å². The topological polar surface area (TPSA) is 59.3 Å². The second-order valence-electron chi connectivity index (χ2n) is 5.32. The number of para-hydroxylation sites is 1. The van der Waals surface area contributed by atoms with Crippen LogP contribution in [0.25, 0.3) is 25.7 Å². The molecule has 0 atom stereocenters. The molecule has 5 rings (SSSR count). The molecule has 1 amide bonds. The van der Waals surface area contributed by atoms with Crippen molar-refractivity contribution >= 4 is 60.2 Å². The lowest BCUT2D eigenvalue weighted by Gasteiger charge is -1.99. The summed E-state index contributed by atoms with van der Waals surface area (Å²) < 4.78 is 2.89. The number of imidazole rings is 1. The maximum atomic E-state index is 12.7. The van der Waals surface area contributed by atoms with Crippen LogP contribution in [0.2, 0.25) is 0 Å². The fourth-order valence-electron chi connectivity index (χ4n) is 2.58. The summed E-state index contributed by atoms with van der Waals surface area (Å²) >= 11 is 4.56. The third-order valence-electron chi connectivity index (χ3n) is 3.73. The number of thiazole rings is 2. The van der Waals surface area contributed by atoms with Gasteiger partial charge in [0.15, 0.2) is 10.1 Å². The number of carbonyl (C=O) groups excluding carboxylic acids is 1. The van der Waals surface area contributed by atoms with Crippen LogP contribution in [0.1, 0.15) is 10.5 Å². The average molecular weight is 382 g/mol. The molecule has 0 radical (unpaired) electrons. The number of amides is 1. The van der Waals surface area contributed by atoms with E-state index in [2.05, 4.69) is 15.3 Å². The van der Waals surface area contributed by atoms with Gasteiger partial charge >= 0.3 is 0 Å². The second-order valence-corrected chi connectivity index (χ2v) is 8.13. The Morgan fingerprint density at radius 1 is 1.08 bits per heavy atom. The molecule has 4 aromatic heterocycles. The predicted octanol–water partition coefficient (Wildman–Crippen LogP) is 4.99. The molecular formula is C17H10N4OS3. The van der Waals surface area contributed by atoms with Gasteiger partial charge in [0.25, 0.3) is 5.91 Å². The monoisotopic (exact) mass is 382 g/mol. The summed E-state index contributed by atoms with van der Waals surface area (Å²) in [4.78, 5) is 23.6. The van der Waals surface area contributed by atoms with Crippen LogP contribution in [0.5, 0.6) is 0 Å². The van der Waals surface area contributed by atoms with Crippen molar-refractivity contribution in [1.82, 2.24) is 14.4 Å². The number of fused-ring (bicyclic) bond motifs is 2. The lowest BCUT2D eigenvalue weighted by atomic mass is 10.3. The molecule has 0 fully saturated rings. The molecule has 0 aliphatic heterocycles. The average Bonchev–Trinajstić information content (AvgIpc) is 3.36. The van der Waals surface area contributed by atoms with E-state index >= 15 is 0 Å². The van der Waals surface area contributed by atoms with E-state index in [1.165, 1.54) is 22.7 Å². The maximum Gasteiger partial charge on any atom is 0.275 e. The number of aromatic nitrogens is 3. The van der Waals surface area contributed by atoms with E-state index in [0.29, 0.717) is 10.8 Å². The molecule has 25 heavy (non-hydrogen) atoms. The van der Waals surface area contributed by atoms with Crippen molar-refractivity contribution in [3.8, 4) is 10.6 Å². The Morgan fingerprint density at radius 2 is 2.00 bits per heavy atom.